The lowest BCUT2D eigenvalue weighted by Crippen LogP contribution is -2.38. The fourth-order valence-corrected chi connectivity index (χ4v) is 4.65. The highest BCUT2D eigenvalue weighted by atomic mass is 32.2. The van der Waals surface area contributed by atoms with E-state index in [0.29, 0.717) is 49.7 Å². The molecule has 3 heterocycles. The van der Waals surface area contributed by atoms with Crippen molar-refractivity contribution < 1.29 is 13.5 Å². The van der Waals surface area contributed by atoms with Crippen molar-refractivity contribution in [2.75, 3.05) is 31.1 Å². The van der Waals surface area contributed by atoms with Crippen LogP contribution in [0.4, 0.5) is 5.82 Å². The number of aliphatic hydroxyl groups excluding tert-OH is 1. The monoisotopic (exact) mass is 311 g/mol. The van der Waals surface area contributed by atoms with Crippen molar-refractivity contribution in [2.24, 2.45) is 0 Å². The molecule has 0 amide bonds. The van der Waals surface area contributed by atoms with Crippen LogP contribution in [-0.2, 0) is 10.0 Å². The van der Waals surface area contributed by atoms with Gasteiger partial charge in [0.1, 0.15) is 10.7 Å². The van der Waals surface area contributed by atoms with E-state index in [1.807, 2.05) is 4.90 Å². The van der Waals surface area contributed by atoms with Crippen LogP contribution in [0, 0.1) is 0 Å². The zero-order valence-corrected chi connectivity index (χ0v) is 12.8. The third kappa shape index (κ3) is 2.90. The minimum Gasteiger partial charge on any atom is -0.393 e. The van der Waals surface area contributed by atoms with E-state index < -0.39 is 10.0 Å². The predicted octanol–water partition coefficient (Wildman–Crippen LogP) is 0.827. The van der Waals surface area contributed by atoms with E-state index in [2.05, 4.69) is 4.98 Å². The molecular weight excluding hydrogens is 290 g/mol. The lowest BCUT2D eigenvalue weighted by atomic mass is 10.1. The van der Waals surface area contributed by atoms with E-state index in [0.717, 1.165) is 12.8 Å². The summed E-state index contributed by atoms with van der Waals surface area (Å²) >= 11 is 0. The van der Waals surface area contributed by atoms with Gasteiger partial charge in [-0.3, -0.25) is 0 Å². The zero-order chi connectivity index (χ0) is 14.9. The number of aromatic nitrogens is 1. The minimum absolute atomic E-state index is 0.288. The third-order valence-electron chi connectivity index (χ3n) is 4.20. The summed E-state index contributed by atoms with van der Waals surface area (Å²) in [5, 5.41) is 9.60. The van der Waals surface area contributed by atoms with Gasteiger partial charge in [-0.2, -0.15) is 4.31 Å². The molecule has 7 heteroatoms. The standard InChI is InChI=1S/C14H21N3O3S/c18-12-5-10-16(11-6-12)14-13(4-3-7-15-14)21(19,20)17-8-1-2-9-17/h3-4,7,12,18H,1-2,5-6,8-11H2. The molecule has 0 aliphatic carbocycles. The number of hydrogen-bond donors (Lipinski definition) is 1. The van der Waals surface area contributed by atoms with Crippen LogP contribution in [0.1, 0.15) is 25.7 Å². The first-order valence-electron chi connectivity index (χ1n) is 7.47. The molecule has 21 heavy (non-hydrogen) atoms. The maximum absolute atomic E-state index is 12.8. The lowest BCUT2D eigenvalue weighted by Gasteiger charge is -2.32. The minimum atomic E-state index is -3.47. The highest BCUT2D eigenvalue weighted by Gasteiger charge is 2.32. The first-order valence-corrected chi connectivity index (χ1v) is 8.91. The van der Waals surface area contributed by atoms with Crippen molar-refractivity contribution in [1.29, 1.82) is 0 Å². The molecule has 6 nitrogen and oxygen atoms in total. The van der Waals surface area contributed by atoms with Crippen LogP contribution >= 0.6 is 0 Å². The molecule has 2 aliphatic heterocycles. The Bertz CT molecular complexity index is 591. The van der Waals surface area contributed by atoms with Gasteiger partial charge in [0.2, 0.25) is 10.0 Å². The highest BCUT2D eigenvalue weighted by molar-refractivity contribution is 7.89. The van der Waals surface area contributed by atoms with E-state index in [-0.39, 0.29) is 6.10 Å². The molecule has 0 atom stereocenters. The summed E-state index contributed by atoms with van der Waals surface area (Å²) in [6, 6.07) is 3.31. The van der Waals surface area contributed by atoms with Crippen LogP contribution in [0.3, 0.4) is 0 Å². The van der Waals surface area contributed by atoms with Gasteiger partial charge in [-0.05, 0) is 37.8 Å². The summed E-state index contributed by atoms with van der Waals surface area (Å²) in [7, 11) is -3.47. The number of nitrogens with zero attached hydrogens (tertiary/aromatic N) is 3. The molecule has 1 aromatic rings. The molecule has 1 aromatic heterocycles. The fraction of sp³-hybridized carbons (Fsp3) is 0.643. The van der Waals surface area contributed by atoms with Crippen molar-refractivity contribution >= 4 is 15.8 Å². The largest absolute Gasteiger partial charge is 0.393 e. The van der Waals surface area contributed by atoms with E-state index >= 15 is 0 Å². The van der Waals surface area contributed by atoms with Crippen LogP contribution in [0.5, 0.6) is 0 Å². The Morgan fingerprint density at radius 1 is 1.14 bits per heavy atom. The molecule has 2 fully saturated rings. The fourth-order valence-electron chi connectivity index (χ4n) is 2.97. The SMILES string of the molecule is O=S(=O)(c1cccnc1N1CCC(O)CC1)N1CCCC1. The van der Waals surface area contributed by atoms with Gasteiger partial charge in [-0.1, -0.05) is 0 Å². The van der Waals surface area contributed by atoms with Crippen molar-refractivity contribution in [3.05, 3.63) is 18.3 Å². The van der Waals surface area contributed by atoms with Crippen LogP contribution in [0.2, 0.25) is 0 Å². The number of pyridine rings is 1. The predicted molar refractivity (Wildman–Crippen MR) is 79.7 cm³/mol. The summed E-state index contributed by atoms with van der Waals surface area (Å²) in [6.07, 6.45) is 4.49. The molecule has 0 bridgehead atoms. The van der Waals surface area contributed by atoms with E-state index in [4.69, 9.17) is 0 Å². The van der Waals surface area contributed by atoms with Crippen LogP contribution < -0.4 is 4.90 Å². The molecule has 0 radical (unpaired) electrons. The van der Waals surface area contributed by atoms with E-state index in [9.17, 15) is 13.5 Å². The molecule has 0 spiro atoms. The van der Waals surface area contributed by atoms with Crippen LogP contribution in [0.15, 0.2) is 23.2 Å². The van der Waals surface area contributed by atoms with Gasteiger partial charge < -0.3 is 10.0 Å². The normalized spacial score (nSPS) is 21.9. The number of sulfonamides is 1. The Hall–Kier alpha value is -1.18. The Morgan fingerprint density at radius 3 is 2.48 bits per heavy atom. The second kappa shape index (κ2) is 5.90. The second-order valence-corrected chi connectivity index (χ2v) is 7.56. The molecule has 0 aromatic carbocycles. The van der Waals surface area contributed by atoms with Gasteiger partial charge in [-0.25, -0.2) is 13.4 Å². The molecule has 1 N–H and O–H groups in total. The van der Waals surface area contributed by atoms with E-state index in [1.165, 1.54) is 0 Å². The number of anilines is 1. The number of aliphatic hydroxyl groups is 1. The maximum Gasteiger partial charge on any atom is 0.246 e. The van der Waals surface area contributed by atoms with Gasteiger partial charge in [0.25, 0.3) is 0 Å². The average Bonchev–Trinajstić information content (AvgIpc) is 3.03. The lowest BCUT2D eigenvalue weighted by molar-refractivity contribution is 0.145. The summed E-state index contributed by atoms with van der Waals surface area (Å²) in [4.78, 5) is 6.57. The summed E-state index contributed by atoms with van der Waals surface area (Å²) in [5.41, 5.74) is 0. The van der Waals surface area contributed by atoms with Crippen molar-refractivity contribution in [3.63, 3.8) is 0 Å². The Balaban J connectivity index is 1.92. The Morgan fingerprint density at radius 2 is 1.81 bits per heavy atom. The summed E-state index contributed by atoms with van der Waals surface area (Å²) in [5.74, 6) is 0.524. The maximum atomic E-state index is 12.8. The molecular formula is C14H21N3O3S. The Kier molecular flexibility index (Phi) is 4.14. The van der Waals surface area contributed by atoms with Gasteiger partial charge in [-0.15, -0.1) is 0 Å². The van der Waals surface area contributed by atoms with Gasteiger partial charge in [0.05, 0.1) is 6.10 Å². The van der Waals surface area contributed by atoms with Gasteiger partial charge in [0, 0.05) is 32.4 Å². The molecule has 116 valence electrons. The highest BCUT2D eigenvalue weighted by Crippen LogP contribution is 2.29. The first-order chi connectivity index (χ1) is 10.1. The molecule has 0 saturated carbocycles. The Labute approximate surface area is 125 Å². The number of hydrogen-bond acceptors (Lipinski definition) is 5. The third-order valence-corrected chi connectivity index (χ3v) is 6.12. The molecule has 2 aliphatic rings. The van der Waals surface area contributed by atoms with Crippen molar-refractivity contribution in [3.8, 4) is 0 Å². The van der Waals surface area contributed by atoms with Crippen LogP contribution in [0.25, 0.3) is 0 Å². The quantitative estimate of drug-likeness (QED) is 0.895. The first kappa shape index (κ1) is 14.7. The number of piperidine rings is 1. The van der Waals surface area contributed by atoms with Gasteiger partial charge >= 0.3 is 0 Å². The smallest absolute Gasteiger partial charge is 0.246 e. The summed E-state index contributed by atoms with van der Waals surface area (Å²) in [6.45, 7) is 2.46. The van der Waals surface area contributed by atoms with Gasteiger partial charge in [0.15, 0.2) is 0 Å². The second-order valence-electron chi connectivity index (χ2n) is 5.65. The average molecular weight is 311 g/mol. The molecule has 2 saturated heterocycles. The van der Waals surface area contributed by atoms with Crippen molar-refractivity contribution in [1.82, 2.24) is 9.29 Å². The zero-order valence-electron chi connectivity index (χ0n) is 12.0. The molecule has 0 unspecified atom stereocenters. The van der Waals surface area contributed by atoms with Crippen LogP contribution in [-0.4, -0.2) is 55.1 Å². The number of rotatable bonds is 3. The topological polar surface area (TPSA) is 73.7 Å². The van der Waals surface area contributed by atoms with E-state index in [1.54, 1.807) is 22.6 Å². The van der Waals surface area contributed by atoms with Crippen molar-refractivity contribution in [2.45, 2.75) is 36.7 Å². The summed E-state index contributed by atoms with van der Waals surface area (Å²) < 4.78 is 27.1. The molecule has 3 rings (SSSR count).